The van der Waals surface area contributed by atoms with Crippen molar-refractivity contribution in [3.8, 4) is 5.75 Å². The highest BCUT2D eigenvalue weighted by Crippen LogP contribution is 2.44. The lowest BCUT2D eigenvalue weighted by Gasteiger charge is -2.32. The molecule has 0 N–H and O–H groups in total. The van der Waals surface area contributed by atoms with E-state index in [2.05, 4.69) is 32.9 Å². The summed E-state index contributed by atoms with van der Waals surface area (Å²) in [6, 6.07) is 15.8. The molecule has 0 radical (unpaired) electrons. The second kappa shape index (κ2) is 7.22. The van der Waals surface area contributed by atoms with Gasteiger partial charge < -0.3 is 19.1 Å². The molecule has 2 aromatic rings. The van der Waals surface area contributed by atoms with Gasteiger partial charge in [0.15, 0.2) is 0 Å². The van der Waals surface area contributed by atoms with Gasteiger partial charge in [-0.1, -0.05) is 51.1 Å². The highest BCUT2D eigenvalue weighted by molar-refractivity contribution is 6.06. The zero-order valence-electron chi connectivity index (χ0n) is 16.7. The molecule has 0 bridgehead atoms. The number of fused-ring (bicyclic) bond motifs is 2. The average molecular weight is 381 g/mol. The molecule has 5 nitrogen and oxygen atoms in total. The van der Waals surface area contributed by atoms with Crippen LogP contribution in [0.2, 0.25) is 0 Å². The molecule has 28 heavy (non-hydrogen) atoms. The third-order valence-electron chi connectivity index (χ3n) is 5.28. The molecule has 4 rings (SSSR count). The van der Waals surface area contributed by atoms with Crippen molar-refractivity contribution in [2.75, 3.05) is 31.3 Å². The summed E-state index contributed by atoms with van der Waals surface area (Å²) in [7, 11) is 0. The number of anilines is 1. The predicted octanol–water partition coefficient (Wildman–Crippen LogP) is 4.00. The van der Waals surface area contributed by atoms with Crippen LogP contribution in [-0.2, 0) is 25.5 Å². The van der Waals surface area contributed by atoms with Crippen LogP contribution in [0, 0.1) is 0 Å². The largest absolute Gasteiger partial charge is 0.492 e. The number of nitrogens with zero attached hydrogens (tertiary/aromatic N) is 1. The van der Waals surface area contributed by atoms with Gasteiger partial charge >= 0.3 is 0 Å². The molecule has 148 valence electrons. The fraction of sp³-hybridized carbons (Fsp3) is 0.435. The van der Waals surface area contributed by atoms with E-state index in [1.807, 2.05) is 36.4 Å². The number of rotatable bonds is 4. The second-order valence-corrected chi connectivity index (χ2v) is 8.26. The lowest BCUT2D eigenvalue weighted by Crippen LogP contribution is -2.48. The molecule has 1 spiro atoms. The second-order valence-electron chi connectivity index (χ2n) is 8.26. The van der Waals surface area contributed by atoms with E-state index in [0.29, 0.717) is 26.4 Å². The molecule has 0 atom stereocenters. The monoisotopic (exact) mass is 381 g/mol. The van der Waals surface area contributed by atoms with Crippen molar-refractivity contribution in [2.45, 2.75) is 38.4 Å². The van der Waals surface area contributed by atoms with Gasteiger partial charge in [-0.25, -0.2) is 0 Å². The number of amides is 1. The Morgan fingerprint density at radius 3 is 2.39 bits per heavy atom. The van der Waals surface area contributed by atoms with Crippen molar-refractivity contribution in [3.63, 3.8) is 0 Å². The molecule has 1 fully saturated rings. The summed E-state index contributed by atoms with van der Waals surface area (Å²) in [4.78, 5) is 14.9. The third kappa shape index (κ3) is 3.29. The molecule has 1 amide bonds. The van der Waals surface area contributed by atoms with Gasteiger partial charge in [0, 0.05) is 5.56 Å². The minimum absolute atomic E-state index is 0.110. The molecular formula is C23H27NO4. The summed E-state index contributed by atoms with van der Waals surface area (Å²) in [5.74, 6) is -0.656. The maximum atomic E-state index is 13.2. The van der Waals surface area contributed by atoms with Crippen molar-refractivity contribution in [1.82, 2.24) is 0 Å². The Bertz CT molecular complexity index is 848. The first kappa shape index (κ1) is 19.0. The lowest BCUT2D eigenvalue weighted by atomic mass is 9.87. The molecule has 2 aliphatic heterocycles. The maximum Gasteiger partial charge on any atom is 0.292 e. The van der Waals surface area contributed by atoms with Crippen LogP contribution in [0.15, 0.2) is 48.5 Å². The zero-order valence-corrected chi connectivity index (χ0v) is 16.7. The van der Waals surface area contributed by atoms with Crippen LogP contribution >= 0.6 is 0 Å². The molecule has 1 saturated heterocycles. The van der Waals surface area contributed by atoms with Gasteiger partial charge in [-0.15, -0.1) is 0 Å². The molecule has 0 unspecified atom stereocenters. The Morgan fingerprint density at radius 2 is 1.71 bits per heavy atom. The number of carbonyl (C=O) groups excluding carboxylic acids is 1. The number of hydrogen-bond acceptors (Lipinski definition) is 4. The summed E-state index contributed by atoms with van der Waals surface area (Å²) in [6.45, 7) is 8.42. The van der Waals surface area contributed by atoms with Gasteiger partial charge in [-0.05, 0) is 35.6 Å². The maximum absolute atomic E-state index is 13.2. The van der Waals surface area contributed by atoms with E-state index in [1.54, 1.807) is 4.90 Å². The standard InChI is InChI=1S/C23H27NO4/c1-22(2,3)17-9-11-18(12-10-17)26-16-13-24-20-8-5-4-7-19(20)23(21(24)25)27-14-6-15-28-23/h4-5,7-12H,6,13-16H2,1-3H3. The highest BCUT2D eigenvalue weighted by Gasteiger charge is 2.54. The van der Waals surface area contributed by atoms with E-state index in [0.717, 1.165) is 23.4 Å². The van der Waals surface area contributed by atoms with Crippen molar-refractivity contribution in [3.05, 3.63) is 59.7 Å². The summed E-state index contributed by atoms with van der Waals surface area (Å²) >= 11 is 0. The van der Waals surface area contributed by atoms with E-state index in [9.17, 15) is 4.79 Å². The third-order valence-corrected chi connectivity index (χ3v) is 5.28. The van der Waals surface area contributed by atoms with Crippen molar-refractivity contribution >= 4 is 11.6 Å². The van der Waals surface area contributed by atoms with E-state index in [1.165, 1.54) is 5.56 Å². The summed E-state index contributed by atoms with van der Waals surface area (Å²) in [5, 5.41) is 0. The fourth-order valence-corrected chi connectivity index (χ4v) is 3.73. The van der Waals surface area contributed by atoms with Gasteiger partial charge in [-0.3, -0.25) is 4.79 Å². The van der Waals surface area contributed by atoms with Crippen LogP contribution in [0.25, 0.3) is 0 Å². The Kier molecular flexibility index (Phi) is 4.89. The summed E-state index contributed by atoms with van der Waals surface area (Å²) in [6.07, 6.45) is 0.796. The summed E-state index contributed by atoms with van der Waals surface area (Å²) in [5.41, 5.74) is 2.99. The molecule has 0 aromatic heterocycles. The molecule has 0 aliphatic carbocycles. The Morgan fingerprint density at radius 1 is 1.04 bits per heavy atom. The number of hydrogen-bond donors (Lipinski definition) is 0. The molecule has 2 aliphatic rings. The van der Waals surface area contributed by atoms with Gasteiger partial charge in [0.2, 0.25) is 0 Å². The van der Waals surface area contributed by atoms with Crippen molar-refractivity contribution in [1.29, 1.82) is 0 Å². The first-order valence-corrected chi connectivity index (χ1v) is 9.84. The van der Waals surface area contributed by atoms with Crippen LogP contribution in [0.4, 0.5) is 5.69 Å². The SMILES string of the molecule is CC(C)(C)c1ccc(OCCN2C(=O)C3(OCCCO3)c3ccccc32)cc1. The zero-order chi connectivity index (χ0) is 19.8. The molecule has 5 heteroatoms. The Labute approximate surface area is 166 Å². The summed E-state index contributed by atoms with van der Waals surface area (Å²) < 4.78 is 17.6. The van der Waals surface area contributed by atoms with E-state index < -0.39 is 5.79 Å². The molecular weight excluding hydrogens is 354 g/mol. The Balaban J connectivity index is 1.46. The first-order valence-electron chi connectivity index (χ1n) is 9.84. The Hall–Kier alpha value is -2.37. The van der Waals surface area contributed by atoms with E-state index >= 15 is 0 Å². The van der Waals surface area contributed by atoms with Crippen molar-refractivity contribution in [2.24, 2.45) is 0 Å². The highest BCUT2D eigenvalue weighted by atomic mass is 16.7. The first-order chi connectivity index (χ1) is 13.4. The molecule has 0 saturated carbocycles. The van der Waals surface area contributed by atoms with Crippen molar-refractivity contribution < 1.29 is 19.0 Å². The van der Waals surface area contributed by atoms with E-state index in [4.69, 9.17) is 14.2 Å². The number of benzene rings is 2. The van der Waals surface area contributed by atoms with Crippen LogP contribution in [0.3, 0.4) is 0 Å². The van der Waals surface area contributed by atoms with E-state index in [-0.39, 0.29) is 11.3 Å². The van der Waals surface area contributed by atoms with Crippen LogP contribution < -0.4 is 9.64 Å². The smallest absolute Gasteiger partial charge is 0.292 e. The van der Waals surface area contributed by atoms with Crippen LogP contribution in [0.5, 0.6) is 5.75 Å². The van der Waals surface area contributed by atoms with Gasteiger partial charge in [0.25, 0.3) is 11.7 Å². The number of carbonyl (C=O) groups is 1. The topological polar surface area (TPSA) is 48.0 Å². The predicted molar refractivity (Wildman–Crippen MR) is 108 cm³/mol. The normalized spacial score (nSPS) is 18.4. The average Bonchev–Trinajstić information content (AvgIpc) is 2.91. The fourth-order valence-electron chi connectivity index (χ4n) is 3.73. The lowest BCUT2D eigenvalue weighted by molar-refractivity contribution is -0.256. The minimum atomic E-state index is -1.29. The van der Waals surface area contributed by atoms with Gasteiger partial charge in [-0.2, -0.15) is 0 Å². The number of ether oxygens (including phenoxy) is 3. The molecule has 2 aromatic carbocycles. The quantitative estimate of drug-likeness (QED) is 0.803. The molecule has 2 heterocycles. The van der Waals surface area contributed by atoms with Crippen LogP contribution in [-0.4, -0.2) is 32.3 Å². The number of para-hydroxylation sites is 1. The minimum Gasteiger partial charge on any atom is -0.492 e. The van der Waals surface area contributed by atoms with Gasteiger partial charge in [0.05, 0.1) is 25.4 Å². The van der Waals surface area contributed by atoms with Gasteiger partial charge in [0.1, 0.15) is 12.4 Å². The van der Waals surface area contributed by atoms with Crippen LogP contribution in [0.1, 0.15) is 38.3 Å².